The highest BCUT2D eigenvalue weighted by Crippen LogP contribution is 2.32. The van der Waals surface area contributed by atoms with Gasteiger partial charge in [0.1, 0.15) is 0 Å². The van der Waals surface area contributed by atoms with Gasteiger partial charge in [0.05, 0.1) is 22.9 Å². The number of H-pyrrole nitrogens is 1. The molecule has 2 aliphatic rings. The molecule has 2 N–H and O–H groups in total. The fraction of sp³-hybridized carbons (Fsp3) is 0.360. The zero-order valence-electron chi connectivity index (χ0n) is 16.9. The van der Waals surface area contributed by atoms with Gasteiger partial charge in [-0.3, -0.25) is 9.78 Å². The van der Waals surface area contributed by atoms with Gasteiger partial charge in [0.25, 0.3) is 0 Å². The van der Waals surface area contributed by atoms with Crippen LogP contribution < -0.4 is 5.32 Å². The number of hydrogen-bond donors (Lipinski definition) is 2. The molecule has 4 nitrogen and oxygen atoms in total. The van der Waals surface area contributed by atoms with Crippen molar-refractivity contribution in [3.63, 3.8) is 0 Å². The standard InChI is InChI=1S/C25H29N3O/c29-25(20-14-10-4-1-2-5-11-15-20)28-22-18-27-21-16-17-26-24(21)23(22)19-12-8-6-3-7-9-13-19/h3,6-9,12-13,16-18,20,26H,1-2,4-5,10-11,14-15H2,(H,28,29)/b6-3-,7-3?,8-6?,9-7-,12-8-,13-9?,19-12?,19-13+. The van der Waals surface area contributed by atoms with Crippen molar-refractivity contribution in [1.82, 2.24) is 9.97 Å². The van der Waals surface area contributed by atoms with Gasteiger partial charge in [0, 0.05) is 17.7 Å². The van der Waals surface area contributed by atoms with Crippen molar-refractivity contribution >= 4 is 28.2 Å². The minimum atomic E-state index is 0.0879. The Morgan fingerprint density at radius 3 is 2.52 bits per heavy atom. The van der Waals surface area contributed by atoms with E-state index in [4.69, 9.17) is 0 Å². The van der Waals surface area contributed by atoms with Gasteiger partial charge in [0.15, 0.2) is 0 Å². The number of aromatic amines is 1. The molecule has 4 heteroatoms. The maximum atomic E-state index is 13.2. The van der Waals surface area contributed by atoms with Crippen LogP contribution in [0.1, 0.15) is 56.9 Å². The third kappa shape index (κ3) is 4.76. The molecule has 2 heterocycles. The molecular weight excluding hydrogens is 358 g/mol. The Kier molecular flexibility index (Phi) is 6.40. The average molecular weight is 388 g/mol. The van der Waals surface area contributed by atoms with Crippen molar-refractivity contribution in [2.75, 3.05) is 5.32 Å². The molecule has 2 aromatic heterocycles. The summed E-state index contributed by atoms with van der Waals surface area (Å²) in [6.07, 6.45) is 27.2. The van der Waals surface area contributed by atoms with Gasteiger partial charge in [-0.1, -0.05) is 81.1 Å². The van der Waals surface area contributed by atoms with Crippen molar-refractivity contribution in [3.05, 3.63) is 66.6 Å². The molecule has 0 spiro atoms. The van der Waals surface area contributed by atoms with Gasteiger partial charge >= 0.3 is 0 Å². The molecule has 2 aliphatic carbocycles. The second kappa shape index (κ2) is 9.55. The van der Waals surface area contributed by atoms with Gasteiger partial charge in [0.2, 0.25) is 5.91 Å². The minimum Gasteiger partial charge on any atom is -0.359 e. The third-order valence-electron chi connectivity index (χ3n) is 5.85. The fourth-order valence-corrected chi connectivity index (χ4v) is 4.26. The number of rotatable bonds is 3. The highest BCUT2D eigenvalue weighted by atomic mass is 16.1. The van der Waals surface area contributed by atoms with Gasteiger partial charge in [-0.15, -0.1) is 0 Å². The Morgan fingerprint density at radius 1 is 0.966 bits per heavy atom. The summed E-state index contributed by atoms with van der Waals surface area (Å²) in [6, 6.07) is 1.96. The zero-order valence-corrected chi connectivity index (χ0v) is 16.9. The number of hydrogen-bond acceptors (Lipinski definition) is 2. The normalized spacial score (nSPS) is 23.5. The maximum Gasteiger partial charge on any atom is 0.227 e. The van der Waals surface area contributed by atoms with E-state index in [-0.39, 0.29) is 11.8 Å². The van der Waals surface area contributed by atoms with E-state index in [0.717, 1.165) is 53.5 Å². The first kappa shape index (κ1) is 19.4. The minimum absolute atomic E-state index is 0.0879. The molecule has 0 saturated heterocycles. The van der Waals surface area contributed by atoms with Crippen molar-refractivity contribution in [2.24, 2.45) is 5.92 Å². The zero-order chi connectivity index (χ0) is 19.9. The van der Waals surface area contributed by atoms with Gasteiger partial charge in [-0.25, -0.2) is 0 Å². The summed E-state index contributed by atoms with van der Waals surface area (Å²) < 4.78 is 0. The molecule has 0 unspecified atom stereocenters. The van der Waals surface area contributed by atoms with E-state index in [2.05, 4.69) is 27.4 Å². The molecule has 0 atom stereocenters. The number of anilines is 1. The topological polar surface area (TPSA) is 57.8 Å². The second-order valence-electron chi connectivity index (χ2n) is 7.92. The summed E-state index contributed by atoms with van der Waals surface area (Å²) in [5, 5.41) is 3.23. The van der Waals surface area contributed by atoms with Crippen LogP contribution in [0.2, 0.25) is 0 Å². The van der Waals surface area contributed by atoms with Crippen LogP contribution in [0, 0.1) is 5.92 Å². The lowest BCUT2D eigenvalue weighted by Crippen LogP contribution is -2.23. The third-order valence-corrected chi connectivity index (χ3v) is 5.85. The number of amides is 1. The number of nitrogens with zero attached hydrogens (tertiary/aromatic N) is 1. The first-order valence-electron chi connectivity index (χ1n) is 10.8. The molecule has 1 saturated carbocycles. The molecule has 0 bridgehead atoms. The van der Waals surface area contributed by atoms with Gasteiger partial charge < -0.3 is 10.3 Å². The Bertz CT molecular complexity index is 967. The van der Waals surface area contributed by atoms with Crippen LogP contribution in [-0.4, -0.2) is 15.9 Å². The van der Waals surface area contributed by atoms with Crippen LogP contribution in [0.15, 0.2) is 61.0 Å². The summed E-state index contributed by atoms with van der Waals surface area (Å²) in [6.45, 7) is 0. The average Bonchev–Trinajstić information content (AvgIpc) is 3.21. The highest BCUT2D eigenvalue weighted by molar-refractivity contribution is 6.03. The van der Waals surface area contributed by atoms with Crippen LogP contribution >= 0.6 is 0 Å². The van der Waals surface area contributed by atoms with E-state index in [1.165, 1.54) is 25.7 Å². The number of aromatic nitrogens is 2. The smallest absolute Gasteiger partial charge is 0.227 e. The SMILES string of the molecule is O=C(Nc1cnc2cc[nH]c2c1C1=C/C=C\C=C/C=C\1)C1CCCCCCCC1. The number of pyridine rings is 1. The molecule has 150 valence electrons. The second-order valence-corrected chi connectivity index (χ2v) is 7.92. The predicted octanol–water partition coefficient (Wildman–Crippen LogP) is 6.32. The molecular formula is C25H29N3O. The summed E-state index contributed by atoms with van der Waals surface area (Å²) in [4.78, 5) is 21.0. The number of nitrogens with one attached hydrogen (secondary N) is 2. The van der Waals surface area contributed by atoms with Crippen LogP contribution in [0.5, 0.6) is 0 Å². The first-order chi connectivity index (χ1) is 14.3. The maximum absolute atomic E-state index is 13.2. The van der Waals surface area contributed by atoms with Gasteiger partial charge in [-0.05, 0) is 24.5 Å². The van der Waals surface area contributed by atoms with E-state index in [1.54, 1.807) is 6.20 Å². The highest BCUT2D eigenvalue weighted by Gasteiger charge is 2.21. The van der Waals surface area contributed by atoms with E-state index >= 15 is 0 Å². The number of carbonyl (C=O) groups is 1. The van der Waals surface area contributed by atoms with Crippen LogP contribution in [0.4, 0.5) is 5.69 Å². The summed E-state index contributed by atoms with van der Waals surface area (Å²) in [5.41, 5.74) is 4.67. The van der Waals surface area contributed by atoms with E-state index < -0.39 is 0 Å². The fourth-order valence-electron chi connectivity index (χ4n) is 4.26. The monoisotopic (exact) mass is 387 g/mol. The molecule has 0 aromatic carbocycles. The summed E-state index contributed by atoms with van der Waals surface area (Å²) in [7, 11) is 0. The lowest BCUT2D eigenvalue weighted by molar-refractivity contribution is -0.120. The van der Waals surface area contributed by atoms with Crippen molar-refractivity contribution in [2.45, 2.75) is 51.4 Å². The first-order valence-corrected chi connectivity index (χ1v) is 10.8. The predicted molar refractivity (Wildman–Crippen MR) is 121 cm³/mol. The van der Waals surface area contributed by atoms with Gasteiger partial charge in [-0.2, -0.15) is 0 Å². The van der Waals surface area contributed by atoms with Crippen molar-refractivity contribution < 1.29 is 4.79 Å². The lowest BCUT2D eigenvalue weighted by atomic mass is 9.95. The molecule has 4 rings (SSSR count). The van der Waals surface area contributed by atoms with Crippen molar-refractivity contribution in [1.29, 1.82) is 0 Å². The molecule has 1 amide bonds. The van der Waals surface area contributed by atoms with Crippen LogP contribution in [0.25, 0.3) is 16.6 Å². The Morgan fingerprint density at radius 2 is 1.69 bits per heavy atom. The van der Waals surface area contributed by atoms with E-state index in [0.29, 0.717) is 0 Å². The Balaban J connectivity index is 1.65. The Labute approximate surface area is 172 Å². The van der Waals surface area contributed by atoms with Crippen LogP contribution in [0.3, 0.4) is 0 Å². The summed E-state index contributed by atoms with van der Waals surface area (Å²) in [5.74, 6) is 0.219. The number of carbonyl (C=O) groups excluding carboxylic acids is 1. The number of allylic oxidation sites excluding steroid dienone is 8. The molecule has 1 fully saturated rings. The largest absolute Gasteiger partial charge is 0.359 e. The summed E-state index contributed by atoms with van der Waals surface area (Å²) >= 11 is 0. The van der Waals surface area contributed by atoms with E-state index in [1.807, 2.05) is 42.6 Å². The lowest BCUT2D eigenvalue weighted by Gasteiger charge is -2.18. The Hall–Kier alpha value is -2.88. The molecule has 0 radical (unpaired) electrons. The molecule has 2 aromatic rings. The van der Waals surface area contributed by atoms with Crippen molar-refractivity contribution in [3.8, 4) is 0 Å². The number of fused-ring (bicyclic) bond motifs is 1. The van der Waals surface area contributed by atoms with E-state index in [9.17, 15) is 4.79 Å². The molecule has 29 heavy (non-hydrogen) atoms. The quantitative estimate of drug-likeness (QED) is 0.647. The molecule has 0 aliphatic heterocycles. The van der Waals surface area contributed by atoms with Crippen LogP contribution in [-0.2, 0) is 4.79 Å².